The quantitative estimate of drug-likeness (QED) is 0.746. The highest BCUT2D eigenvalue weighted by atomic mass is 32.2. The van der Waals surface area contributed by atoms with Crippen molar-refractivity contribution in [1.82, 2.24) is 0 Å². The largest absolute Gasteiger partial charge is 0.495 e. The zero-order chi connectivity index (χ0) is 18.7. The molecule has 1 aliphatic heterocycles. The van der Waals surface area contributed by atoms with Gasteiger partial charge in [0.15, 0.2) is 0 Å². The van der Waals surface area contributed by atoms with Gasteiger partial charge in [-0.15, -0.1) is 11.8 Å². The van der Waals surface area contributed by atoms with Gasteiger partial charge >= 0.3 is 0 Å². The van der Waals surface area contributed by atoms with Crippen molar-refractivity contribution in [1.29, 1.82) is 0 Å². The number of para-hydroxylation sites is 1. The normalized spacial score (nSPS) is 15.6. The predicted octanol–water partition coefficient (Wildman–Crippen LogP) is 2.24. The highest BCUT2D eigenvalue weighted by molar-refractivity contribution is 8.01. The van der Waals surface area contributed by atoms with Crippen molar-refractivity contribution in [3.05, 3.63) is 48.0 Å². The van der Waals surface area contributed by atoms with Crippen molar-refractivity contribution in [2.24, 2.45) is 5.73 Å². The maximum absolute atomic E-state index is 12.4. The van der Waals surface area contributed by atoms with E-state index in [4.69, 9.17) is 10.5 Å². The summed E-state index contributed by atoms with van der Waals surface area (Å²) in [5.74, 6) is -0.796. The predicted molar refractivity (Wildman–Crippen MR) is 99.5 cm³/mol. The second-order valence-electron chi connectivity index (χ2n) is 5.62. The molecule has 0 aromatic heterocycles. The van der Waals surface area contributed by atoms with Crippen molar-refractivity contribution < 1.29 is 19.1 Å². The topological polar surface area (TPSA) is 111 Å². The minimum absolute atomic E-state index is 0.0191. The maximum atomic E-state index is 12.4. The number of methoxy groups -OCH3 is 1. The van der Waals surface area contributed by atoms with Crippen LogP contribution in [0.1, 0.15) is 16.8 Å². The van der Waals surface area contributed by atoms with Crippen molar-refractivity contribution in [3.63, 3.8) is 0 Å². The van der Waals surface area contributed by atoms with Gasteiger partial charge in [0.1, 0.15) is 5.75 Å². The molecule has 4 N–H and O–H groups in total. The third kappa shape index (κ3) is 3.80. The van der Waals surface area contributed by atoms with E-state index < -0.39 is 11.2 Å². The van der Waals surface area contributed by atoms with Crippen LogP contribution in [0.5, 0.6) is 5.75 Å². The Morgan fingerprint density at radius 2 is 2.04 bits per heavy atom. The van der Waals surface area contributed by atoms with Gasteiger partial charge in [0.2, 0.25) is 17.7 Å². The fourth-order valence-corrected chi connectivity index (χ4v) is 3.67. The molecule has 26 heavy (non-hydrogen) atoms. The number of nitrogens with two attached hydrogens (primary N) is 1. The summed E-state index contributed by atoms with van der Waals surface area (Å²) in [6, 6.07) is 11.9. The SMILES string of the molecule is COc1ccc(C(N)=O)cc1NC(=O)CC1Sc2ccccc2NC1=O. The molecule has 7 nitrogen and oxygen atoms in total. The van der Waals surface area contributed by atoms with Crippen LogP contribution in [0.2, 0.25) is 0 Å². The molecule has 0 aliphatic carbocycles. The number of rotatable bonds is 5. The van der Waals surface area contributed by atoms with Gasteiger partial charge in [-0.25, -0.2) is 0 Å². The first-order valence-electron chi connectivity index (χ1n) is 7.82. The number of hydrogen-bond donors (Lipinski definition) is 3. The summed E-state index contributed by atoms with van der Waals surface area (Å²) in [6.45, 7) is 0. The molecule has 1 atom stereocenters. The lowest BCUT2D eigenvalue weighted by molar-refractivity contribution is -0.120. The molecule has 3 amide bonds. The van der Waals surface area contributed by atoms with Gasteiger partial charge in [-0.2, -0.15) is 0 Å². The Bertz CT molecular complexity index is 884. The van der Waals surface area contributed by atoms with Crippen LogP contribution < -0.4 is 21.1 Å². The highest BCUT2D eigenvalue weighted by Crippen LogP contribution is 2.37. The van der Waals surface area contributed by atoms with Gasteiger partial charge < -0.3 is 21.1 Å². The van der Waals surface area contributed by atoms with E-state index in [1.165, 1.54) is 31.0 Å². The van der Waals surface area contributed by atoms with Crippen molar-refractivity contribution in [2.45, 2.75) is 16.6 Å². The van der Waals surface area contributed by atoms with Gasteiger partial charge in [-0.05, 0) is 30.3 Å². The molecule has 2 aromatic rings. The molecule has 0 saturated heterocycles. The lowest BCUT2D eigenvalue weighted by Crippen LogP contribution is -2.32. The monoisotopic (exact) mass is 371 g/mol. The molecular formula is C18H17N3O4S. The Morgan fingerprint density at radius 1 is 1.27 bits per heavy atom. The number of benzene rings is 2. The zero-order valence-corrected chi connectivity index (χ0v) is 14.8. The Morgan fingerprint density at radius 3 is 2.77 bits per heavy atom. The van der Waals surface area contributed by atoms with E-state index >= 15 is 0 Å². The zero-order valence-electron chi connectivity index (χ0n) is 13.9. The molecule has 1 heterocycles. The molecule has 3 rings (SSSR count). The molecule has 134 valence electrons. The van der Waals surface area contributed by atoms with Gasteiger partial charge in [0, 0.05) is 16.9 Å². The molecule has 0 radical (unpaired) electrons. The number of ether oxygens (including phenoxy) is 1. The van der Waals surface area contributed by atoms with E-state index in [0.29, 0.717) is 11.4 Å². The summed E-state index contributed by atoms with van der Waals surface area (Å²) in [5.41, 5.74) is 6.59. The lowest BCUT2D eigenvalue weighted by Gasteiger charge is -2.23. The van der Waals surface area contributed by atoms with E-state index in [9.17, 15) is 14.4 Å². The summed E-state index contributed by atoms with van der Waals surface area (Å²) in [6.07, 6.45) is -0.0191. The first-order valence-corrected chi connectivity index (χ1v) is 8.70. The van der Waals surface area contributed by atoms with Crippen LogP contribution in [0.25, 0.3) is 0 Å². The van der Waals surface area contributed by atoms with Crippen LogP contribution in [0, 0.1) is 0 Å². The summed E-state index contributed by atoms with van der Waals surface area (Å²) < 4.78 is 5.19. The van der Waals surface area contributed by atoms with E-state index in [2.05, 4.69) is 10.6 Å². The second-order valence-corrected chi connectivity index (χ2v) is 6.87. The second kappa shape index (κ2) is 7.49. The molecule has 0 fully saturated rings. The molecular weight excluding hydrogens is 354 g/mol. The smallest absolute Gasteiger partial charge is 0.248 e. The number of fused-ring (bicyclic) bond motifs is 1. The average molecular weight is 371 g/mol. The number of anilines is 2. The van der Waals surface area contributed by atoms with Gasteiger partial charge in [0.05, 0.1) is 23.7 Å². The molecule has 8 heteroatoms. The number of amides is 3. The first kappa shape index (κ1) is 17.8. The van der Waals surface area contributed by atoms with Crippen LogP contribution in [-0.2, 0) is 9.59 Å². The number of thioether (sulfide) groups is 1. The maximum Gasteiger partial charge on any atom is 0.248 e. The molecule has 0 saturated carbocycles. The van der Waals surface area contributed by atoms with E-state index in [1.54, 1.807) is 6.07 Å². The van der Waals surface area contributed by atoms with Crippen LogP contribution in [-0.4, -0.2) is 30.1 Å². The third-order valence-corrected chi connectivity index (χ3v) is 5.11. The summed E-state index contributed by atoms with van der Waals surface area (Å²) in [5, 5.41) is 4.94. The molecule has 1 unspecified atom stereocenters. The van der Waals surface area contributed by atoms with E-state index in [0.717, 1.165) is 10.6 Å². The molecule has 0 bridgehead atoms. The molecule has 0 spiro atoms. The van der Waals surface area contributed by atoms with Crippen LogP contribution >= 0.6 is 11.8 Å². The lowest BCUT2D eigenvalue weighted by atomic mass is 10.1. The summed E-state index contributed by atoms with van der Waals surface area (Å²) in [7, 11) is 1.45. The number of primary amides is 1. The van der Waals surface area contributed by atoms with Crippen LogP contribution in [0.3, 0.4) is 0 Å². The number of hydrogen-bond acceptors (Lipinski definition) is 5. The number of carbonyl (C=O) groups is 3. The van der Waals surface area contributed by atoms with Gasteiger partial charge in [-0.1, -0.05) is 12.1 Å². The third-order valence-electron chi connectivity index (χ3n) is 3.84. The minimum atomic E-state index is -0.609. The van der Waals surface area contributed by atoms with Crippen LogP contribution in [0.4, 0.5) is 11.4 Å². The van der Waals surface area contributed by atoms with Crippen molar-refractivity contribution in [2.75, 3.05) is 17.7 Å². The van der Waals surface area contributed by atoms with E-state index in [-0.39, 0.29) is 23.8 Å². The Balaban J connectivity index is 1.72. The Hall–Kier alpha value is -3.00. The fraction of sp³-hybridized carbons (Fsp3) is 0.167. The average Bonchev–Trinajstić information content (AvgIpc) is 2.62. The molecule has 1 aliphatic rings. The van der Waals surface area contributed by atoms with Gasteiger partial charge in [-0.3, -0.25) is 14.4 Å². The summed E-state index contributed by atoms with van der Waals surface area (Å²) >= 11 is 1.34. The molecule has 2 aromatic carbocycles. The first-order chi connectivity index (χ1) is 12.5. The minimum Gasteiger partial charge on any atom is -0.495 e. The standard InChI is InChI=1S/C18H17N3O4S/c1-25-13-7-6-10(17(19)23)8-12(13)20-16(22)9-15-18(24)21-11-4-2-3-5-14(11)26-15/h2-8,15H,9H2,1H3,(H2,19,23)(H,20,22)(H,21,24). The number of nitrogens with one attached hydrogen (secondary N) is 2. The van der Waals surface area contributed by atoms with Crippen LogP contribution in [0.15, 0.2) is 47.4 Å². The fourth-order valence-electron chi connectivity index (χ4n) is 2.56. The van der Waals surface area contributed by atoms with Gasteiger partial charge in [0.25, 0.3) is 0 Å². The highest BCUT2D eigenvalue weighted by Gasteiger charge is 2.29. The Labute approximate surface area is 154 Å². The van der Waals surface area contributed by atoms with E-state index in [1.807, 2.05) is 24.3 Å². The number of carbonyl (C=O) groups excluding carboxylic acids is 3. The van der Waals surface area contributed by atoms with Crippen molar-refractivity contribution >= 4 is 40.9 Å². The van der Waals surface area contributed by atoms with Crippen molar-refractivity contribution in [3.8, 4) is 5.75 Å². The Kier molecular flexibility index (Phi) is 5.13. The summed E-state index contributed by atoms with van der Waals surface area (Å²) in [4.78, 5) is 36.9.